The Morgan fingerprint density at radius 2 is 1.84 bits per heavy atom. The molecule has 0 fully saturated rings. The normalized spacial score (nSPS) is 10.3. The van der Waals surface area contributed by atoms with Crippen molar-refractivity contribution in [3.05, 3.63) is 78.1 Å². The van der Waals surface area contributed by atoms with Crippen LogP contribution in [0.15, 0.2) is 67.0 Å². The Morgan fingerprint density at radius 3 is 2.44 bits per heavy atom. The van der Waals surface area contributed by atoms with E-state index in [0.717, 1.165) is 16.9 Å². The molecule has 0 bridgehead atoms. The van der Waals surface area contributed by atoms with Gasteiger partial charge in [-0.1, -0.05) is 12.1 Å². The van der Waals surface area contributed by atoms with E-state index in [9.17, 15) is 4.79 Å². The van der Waals surface area contributed by atoms with Crippen LogP contribution in [0.5, 0.6) is 0 Å². The van der Waals surface area contributed by atoms with Crippen molar-refractivity contribution in [2.24, 2.45) is 0 Å². The monoisotopic (exact) mass is 350 g/mol. The SMILES string of the molecule is CC(=O)c1ccc(NC(=S)NCc2ccc(-n3cccn3)cc2)cc1. The fourth-order valence-electron chi connectivity index (χ4n) is 2.33. The summed E-state index contributed by atoms with van der Waals surface area (Å²) in [6.07, 6.45) is 3.66. The molecule has 5 nitrogen and oxygen atoms in total. The molecule has 1 heterocycles. The number of aromatic nitrogens is 2. The van der Waals surface area contributed by atoms with Gasteiger partial charge >= 0.3 is 0 Å². The average Bonchev–Trinajstić information content (AvgIpc) is 3.15. The van der Waals surface area contributed by atoms with Gasteiger partial charge in [-0.15, -0.1) is 0 Å². The molecule has 6 heteroatoms. The highest BCUT2D eigenvalue weighted by molar-refractivity contribution is 7.80. The minimum Gasteiger partial charge on any atom is -0.358 e. The molecule has 1 aromatic heterocycles. The summed E-state index contributed by atoms with van der Waals surface area (Å²) in [6.45, 7) is 2.17. The Balaban J connectivity index is 1.52. The molecule has 0 atom stereocenters. The second-order valence-electron chi connectivity index (χ2n) is 5.56. The zero-order chi connectivity index (χ0) is 17.6. The lowest BCUT2D eigenvalue weighted by atomic mass is 10.1. The Kier molecular flexibility index (Phi) is 5.20. The van der Waals surface area contributed by atoms with E-state index in [2.05, 4.69) is 15.7 Å². The van der Waals surface area contributed by atoms with Crippen molar-refractivity contribution in [2.45, 2.75) is 13.5 Å². The number of thiocarbonyl (C=S) groups is 1. The van der Waals surface area contributed by atoms with Gasteiger partial charge in [0.25, 0.3) is 0 Å². The summed E-state index contributed by atoms with van der Waals surface area (Å²) >= 11 is 5.31. The summed E-state index contributed by atoms with van der Waals surface area (Å²) < 4.78 is 1.81. The molecule has 0 unspecified atom stereocenters. The van der Waals surface area contributed by atoms with Crippen LogP contribution >= 0.6 is 12.2 Å². The van der Waals surface area contributed by atoms with Crippen LogP contribution < -0.4 is 10.6 Å². The second kappa shape index (κ2) is 7.72. The molecule has 0 radical (unpaired) electrons. The fourth-order valence-corrected chi connectivity index (χ4v) is 2.52. The van der Waals surface area contributed by atoms with Crippen LogP contribution in [0.25, 0.3) is 5.69 Å². The van der Waals surface area contributed by atoms with Crippen LogP contribution in [0.3, 0.4) is 0 Å². The Hall–Kier alpha value is -2.99. The Bertz CT molecular complexity index is 855. The van der Waals surface area contributed by atoms with Gasteiger partial charge in [0.15, 0.2) is 10.9 Å². The third-order valence-corrected chi connectivity index (χ3v) is 3.95. The molecule has 2 aromatic carbocycles. The second-order valence-corrected chi connectivity index (χ2v) is 5.97. The number of rotatable bonds is 5. The van der Waals surface area contributed by atoms with Crippen molar-refractivity contribution in [3.63, 3.8) is 0 Å². The largest absolute Gasteiger partial charge is 0.358 e. The Morgan fingerprint density at radius 1 is 1.12 bits per heavy atom. The van der Waals surface area contributed by atoms with Crippen molar-refractivity contribution in [3.8, 4) is 5.69 Å². The van der Waals surface area contributed by atoms with Crippen molar-refractivity contribution < 1.29 is 4.79 Å². The number of benzene rings is 2. The number of anilines is 1. The minimum atomic E-state index is 0.0470. The number of hydrogen-bond acceptors (Lipinski definition) is 3. The van der Waals surface area contributed by atoms with Crippen LogP contribution in [0.1, 0.15) is 22.8 Å². The van der Waals surface area contributed by atoms with Gasteiger partial charge in [0.2, 0.25) is 0 Å². The van der Waals surface area contributed by atoms with E-state index < -0.39 is 0 Å². The number of Topliss-reactive ketones (excluding diaryl/α,β-unsaturated/α-hetero) is 1. The predicted molar refractivity (Wildman–Crippen MR) is 103 cm³/mol. The van der Waals surface area contributed by atoms with Crippen molar-refractivity contribution in [1.82, 2.24) is 15.1 Å². The summed E-state index contributed by atoms with van der Waals surface area (Å²) in [5.74, 6) is 0.0470. The summed E-state index contributed by atoms with van der Waals surface area (Å²) in [5, 5.41) is 11.0. The molecule has 0 aliphatic carbocycles. The molecule has 0 saturated carbocycles. The molecule has 0 aliphatic rings. The zero-order valence-corrected chi connectivity index (χ0v) is 14.6. The van der Waals surface area contributed by atoms with Gasteiger partial charge in [0.1, 0.15) is 0 Å². The molecule has 2 N–H and O–H groups in total. The van der Waals surface area contributed by atoms with Gasteiger partial charge in [0, 0.05) is 30.2 Å². The van der Waals surface area contributed by atoms with E-state index in [4.69, 9.17) is 12.2 Å². The summed E-state index contributed by atoms with van der Waals surface area (Å²) in [4.78, 5) is 11.3. The smallest absolute Gasteiger partial charge is 0.171 e. The van der Waals surface area contributed by atoms with E-state index >= 15 is 0 Å². The molecule has 3 rings (SSSR count). The molecule has 0 spiro atoms. The van der Waals surface area contributed by atoms with Crippen molar-refractivity contribution in [2.75, 3.05) is 5.32 Å². The lowest BCUT2D eigenvalue weighted by Gasteiger charge is -2.11. The molecule has 25 heavy (non-hydrogen) atoms. The van der Waals surface area contributed by atoms with Crippen LogP contribution in [0.2, 0.25) is 0 Å². The first-order valence-corrected chi connectivity index (χ1v) is 8.27. The fraction of sp³-hybridized carbons (Fsp3) is 0.105. The lowest BCUT2D eigenvalue weighted by molar-refractivity contribution is 0.101. The van der Waals surface area contributed by atoms with Crippen LogP contribution in [-0.2, 0) is 6.54 Å². The quantitative estimate of drug-likeness (QED) is 0.544. The Labute approximate surface area is 151 Å². The standard InChI is InChI=1S/C19H18N4OS/c1-14(24)16-5-7-17(8-6-16)22-19(25)20-13-15-3-9-18(10-4-15)23-12-2-11-21-23/h2-12H,13H2,1H3,(H2,20,22,25). The zero-order valence-electron chi connectivity index (χ0n) is 13.8. The molecule has 3 aromatic rings. The van der Waals surface area contributed by atoms with Gasteiger partial charge < -0.3 is 10.6 Å². The maximum Gasteiger partial charge on any atom is 0.171 e. The summed E-state index contributed by atoms with van der Waals surface area (Å²) in [5.41, 5.74) is 3.66. The third kappa shape index (κ3) is 4.51. The van der Waals surface area contributed by atoms with Gasteiger partial charge in [-0.05, 0) is 67.2 Å². The van der Waals surface area contributed by atoms with E-state index in [0.29, 0.717) is 17.2 Å². The van der Waals surface area contributed by atoms with E-state index in [-0.39, 0.29) is 5.78 Å². The number of hydrogen-bond donors (Lipinski definition) is 2. The van der Waals surface area contributed by atoms with E-state index in [1.165, 1.54) is 0 Å². The molecular weight excluding hydrogens is 332 g/mol. The molecule has 0 amide bonds. The summed E-state index contributed by atoms with van der Waals surface area (Å²) in [7, 11) is 0. The number of carbonyl (C=O) groups is 1. The van der Waals surface area contributed by atoms with Crippen LogP contribution in [-0.4, -0.2) is 20.7 Å². The lowest BCUT2D eigenvalue weighted by Crippen LogP contribution is -2.27. The molecule has 0 aliphatic heterocycles. The highest BCUT2D eigenvalue weighted by Gasteiger charge is 2.02. The number of nitrogens with zero attached hydrogens (tertiary/aromatic N) is 2. The maximum atomic E-state index is 11.3. The van der Waals surface area contributed by atoms with Crippen LogP contribution in [0, 0.1) is 0 Å². The first-order chi connectivity index (χ1) is 12.1. The van der Waals surface area contributed by atoms with Crippen LogP contribution in [0.4, 0.5) is 5.69 Å². The highest BCUT2D eigenvalue weighted by Crippen LogP contribution is 2.11. The molecular formula is C19H18N4OS. The van der Waals surface area contributed by atoms with E-state index in [1.807, 2.05) is 53.3 Å². The van der Waals surface area contributed by atoms with Gasteiger partial charge in [-0.2, -0.15) is 5.10 Å². The first kappa shape index (κ1) is 16.9. The number of nitrogens with one attached hydrogen (secondary N) is 2. The molecule has 126 valence electrons. The minimum absolute atomic E-state index is 0.0470. The first-order valence-electron chi connectivity index (χ1n) is 7.86. The number of ketones is 1. The topological polar surface area (TPSA) is 59.0 Å². The highest BCUT2D eigenvalue weighted by atomic mass is 32.1. The third-order valence-electron chi connectivity index (χ3n) is 3.71. The predicted octanol–water partition coefficient (Wildman–Crippen LogP) is 3.56. The van der Waals surface area contributed by atoms with E-state index in [1.54, 1.807) is 25.3 Å². The number of carbonyl (C=O) groups excluding carboxylic acids is 1. The van der Waals surface area contributed by atoms with Gasteiger partial charge in [-0.25, -0.2) is 4.68 Å². The maximum absolute atomic E-state index is 11.3. The molecule has 0 saturated heterocycles. The van der Waals surface area contributed by atoms with Crippen molar-refractivity contribution >= 4 is 28.8 Å². The van der Waals surface area contributed by atoms with Gasteiger partial charge in [0.05, 0.1) is 5.69 Å². The average molecular weight is 350 g/mol. The van der Waals surface area contributed by atoms with Gasteiger partial charge in [-0.3, -0.25) is 4.79 Å². The summed E-state index contributed by atoms with van der Waals surface area (Å²) in [6, 6.07) is 17.2. The van der Waals surface area contributed by atoms with Crippen molar-refractivity contribution in [1.29, 1.82) is 0 Å².